The maximum Gasteiger partial charge on any atom is 0.279 e. The quantitative estimate of drug-likeness (QED) is 0.637. The molecule has 0 unspecified atom stereocenters. The Morgan fingerprint density at radius 3 is 2.30 bits per heavy atom. The number of aryl methyl sites for hydroxylation is 1. The van der Waals surface area contributed by atoms with Crippen LogP contribution in [0.4, 0.5) is 10.1 Å². The van der Waals surface area contributed by atoms with Crippen molar-refractivity contribution >= 4 is 11.6 Å². The van der Waals surface area contributed by atoms with Crippen molar-refractivity contribution in [3.63, 3.8) is 0 Å². The maximum atomic E-state index is 12.9. The molecule has 3 N–H and O–H groups in total. The first-order chi connectivity index (χ1) is 13.1. The van der Waals surface area contributed by atoms with E-state index in [0.29, 0.717) is 18.8 Å². The van der Waals surface area contributed by atoms with Crippen LogP contribution in [-0.2, 0) is 4.79 Å². The predicted molar refractivity (Wildman–Crippen MR) is 103 cm³/mol. The van der Waals surface area contributed by atoms with Crippen LogP contribution in [0.2, 0.25) is 0 Å². The van der Waals surface area contributed by atoms with Crippen molar-refractivity contribution in [3.8, 4) is 5.75 Å². The number of nitrogens with one attached hydrogen (secondary N) is 3. The van der Waals surface area contributed by atoms with E-state index in [2.05, 4.69) is 24.4 Å². The number of hydrogen-bond acceptors (Lipinski definition) is 2. The highest BCUT2D eigenvalue weighted by Crippen LogP contribution is 2.10. The molecule has 1 aliphatic heterocycles. The molecular formula is C21H28FN3O2+2. The maximum absolute atomic E-state index is 12.9. The Morgan fingerprint density at radius 2 is 1.63 bits per heavy atom. The van der Waals surface area contributed by atoms with Crippen LogP contribution in [0.5, 0.6) is 5.75 Å². The third-order valence-electron chi connectivity index (χ3n) is 4.95. The highest BCUT2D eigenvalue weighted by molar-refractivity contribution is 5.91. The zero-order chi connectivity index (χ0) is 19.1. The van der Waals surface area contributed by atoms with Crippen LogP contribution in [0.1, 0.15) is 5.56 Å². The smallest absolute Gasteiger partial charge is 0.279 e. The van der Waals surface area contributed by atoms with Gasteiger partial charge in [-0.15, -0.1) is 0 Å². The first-order valence-electron chi connectivity index (χ1n) is 9.50. The summed E-state index contributed by atoms with van der Waals surface area (Å²) in [5.74, 6) is 0.591. The van der Waals surface area contributed by atoms with Crippen molar-refractivity contribution in [1.29, 1.82) is 0 Å². The van der Waals surface area contributed by atoms with Gasteiger partial charge in [-0.25, -0.2) is 4.39 Å². The fourth-order valence-electron chi connectivity index (χ4n) is 3.30. The molecule has 0 bridgehead atoms. The Labute approximate surface area is 159 Å². The summed E-state index contributed by atoms with van der Waals surface area (Å²) in [6.07, 6.45) is 0. The van der Waals surface area contributed by atoms with Crippen LogP contribution in [0.25, 0.3) is 0 Å². The Morgan fingerprint density at radius 1 is 1.00 bits per heavy atom. The molecule has 1 fully saturated rings. The minimum Gasteiger partial charge on any atom is -0.488 e. The molecule has 2 aromatic carbocycles. The van der Waals surface area contributed by atoms with Gasteiger partial charge in [0, 0.05) is 5.69 Å². The lowest BCUT2D eigenvalue weighted by atomic mass is 10.2. The number of halogens is 1. The second-order valence-electron chi connectivity index (χ2n) is 7.14. The zero-order valence-electron chi connectivity index (χ0n) is 15.8. The molecule has 0 saturated carbocycles. The Hall–Kier alpha value is -2.44. The Balaban J connectivity index is 1.33. The summed E-state index contributed by atoms with van der Waals surface area (Å²) >= 11 is 0. The van der Waals surface area contributed by atoms with Crippen LogP contribution < -0.4 is 19.9 Å². The summed E-state index contributed by atoms with van der Waals surface area (Å²) in [5.41, 5.74) is 1.87. The molecule has 144 valence electrons. The first-order valence-corrected chi connectivity index (χ1v) is 9.50. The summed E-state index contributed by atoms with van der Waals surface area (Å²) in [4.78, 5) is 15.0. The molecule has 0 aromatic heterocycles. The number of carbonyl (C=O) groups is 1. The molecular weight excluding hydrogens is 345 g/mol. The standard InChI is InChI=1S/C21H26FN3O2/c1-17-2-8-20(9-3-17)27-15-14-24-10-12-25(13-11-24)16-21(26)23-19-6-4-18(22)5-7-19/h2-9H,10-16H2,1H3,(H,23,26)/p+2. The number of quaternary nitrogens is 2. The fourth-order valence-corrected chi connectivity index (χ4v) is 3.30. The van der Waals surface area contributed by atoms with E-state index in [0.717, 1.165) is 38.5 Å². The van der Waals surface area contributed by atoms with Gasteiger partial charge in [0.1, 0.15) is 50.9 Å². The number of rotatable bonds is 7. The fraction of sp³-hybridized carbons (Fsp3) is 0.381. The molecule has 27 heavy (non-hydrogen) atoms. The van der Waals surface area contributed by atoms with Crippen molar-refractivity contribution < 1.29 is 23.7 Å². The molecule has 0 aliphatic carbocycles. The minimum atomic E-state index is -0.302. The summed E-state index contributed by atoms with van der Waals surface area (Å²) < 4.78 is 18.7. The molecule has 1 saturated heterocycles. The minimum absolute atomic E-state index is 0.0252. The Bertz CT molecular complexity index is 726. The lowest BCUT2D eigenvalue weighted by Crippen LogP contribution is -3.28. The first kappa shape index (κ1) is 19.3. The zero-order valence-corrected chi connectivity index (χ0v) is 15.8. The average Bonchev–Trinajstić information content (AvgIpc) is 2.67. The summed E-state index contributed by atoms with van der Waals surface area (Å²) in [6.45, 7) is 8.21. The largest absolute Gasteiger partial charge is 0.488 e. The molecule has 1 heterocycles. The van der Waals surface area contributed by atoms with Crippen molar-refractivity contribution in [3.05, 3.63) is 59.9 Å². The third-order valence-corrected chi connectivity index (χ3v) is 4.95. The second-order valence-corrected chi connectivity index (χ2v) is 7.14. The van der Waals surface area contributed by atoms with Crippen molar-refractivity contribution in [2.75, 3.05) is 51.2 Å². The van der Waals surface area contributed by atoms with Gasteiger partial charge in [-0.05, 0) is 43.3 Å². The van der Waals surface area contributed by atoms with Crippen LogP contribution in [-0.4, -0.2) is 51.8 Å². The van der Waals surface area contributed by atoms with E-state index in [-0.39, 0.29) is 11.7 Å². The number of piperazine rings is 1. The van der Waals surface area contributed by atoms with Crippen LogP contribution in [0, 0.1) is 12.7 Å². The molecule has 0 radical (unpaired) electrons. The van der Waals surface area contributed by atoms with E-state index in [1.807, 2.05) is 12.1 Å². The monoisotopic (exact) mass is 373 g/mol. The SMILES string of the molecule is Cc1ccc(OCC[NH+]2CC[NH+](CC(=O)Nc3ccc(F)cc3)CC2)cc1. The average molecular weight is 373 g/mol. The van der Waals surface area contributed by atoms with Gasteiger partial charge >= 0.3 is 0 Å². The molecule has 1 amide bonds. The van der Waals surface area contributed by atoms with E-state index >= 15 is 0 Å². The lowest BCUT2D eigenvalue weighted by molar-refractivity contribution is -1.01. The summed E-state index contributed by atoms with van der Waals surface area (Å²) in [7, 11) is 0. The van der Waals surface area contributed by atoms with Crippen molar-refractivity contribution in [1.82, 2.24) is 0 Å². The number of anilines is 1. The summed E-state index contributed by atoms with van der Waals surface area (Å²) in [5, 5.41) is 2.83. The molecule has 1 aliphatic rings. The van der Waals surface area contributed by atoms with Crippen LogP contribution >= 0.6 is 0 Å². The lowest BCUT2D eigenvalue weighted by Gasteiger charge is -2.29. The number of carbonyl (C=O) groups excluding carboxylic acids is 1. The van der Waals surface area contributed by atoms with Crippen molar-refractivity contribution in [2.24, 2.45) is 0 Å². The van der Waals surface area contributed by atoms with Gasteiger partial charge in [-0.1, -0.05) is 17.7 Å². The van der Waals surface area contributed by atoms with E-state index in [4.69, 9.17) is 4.74 Å². The second kappa shape index (κ2) is 9.48. The van der Waals surface area contributed by atoms with Crippen molar-refractivity contribution in [2.45, 2.75) is 6.92 Å². The van der Waals surface area contributed by atoms with Gasteiger partial charge in [0.25, 0.3) is 5.91 Å². The van der Waals surface area contributed by atoms with Gasteiger partial charge < -0.3 is 19.9 Å². The molecule has 3 rings (SSSR count). The van der Waals surface area contributed by atoms with E-state index < -0.39 is 0 Å². The third kappa shape index (κ3) is 6.34. The van der Waals surface area contributed by atoms with Gasteiger partial charge in [0.2, 0.25) is 0 Å². The van der Waals surface area contributed by atoms with Gasteiger partial charge in [0.15, 0.2) is 6.54 Å². The number of ether oxygens (including phenoxy) is 1. The highest BCUT2D eigenvalue weighted by Gasteiger charge is 2.24. The van der Waals surface area contributed by atoms with Gasteiger partial charge in [-0.3, -0.25) is 4.79 Å². The van der Waals surface area contributed by atoms with E-state index in [1.54, 1.807) is 12.1 Å². The van der Waals surface area contributed by atoms with Crippen LogP contribution in [0.15, 0.2) is 48.5 Å². The number of benzene rings is 2. The van der Waals surface area contributed by atoms with Crippen LogP contribution in [0.3, 0.4) is 0 Å². The summed E-state index contributed by atoms with van der Waals surface area (Å²) in [6, 6.07) is 14.0. The number of hydrogen-bond donors (Lipinski definition) is 3. The molecule has 5 nitrogen and oxygen atoms in total. The van der Waals surface area contributed by atoms with E-state index in [1.165, 1.54) is 27.5 Å². The van der Waals surface area contributed by atoms with E-state index in [9.17, 15) is 9.18 Å². The topological polar surface area (TPSA) is 47.2 Å². The number of amides is 1. The normalized spacial score (nSPS) is 19.5. The Kier molecular flexibility index (Phi) is 6.79. The molecule has 0 atom stereocenters. The van der Waals surface area contributed by atoms with Gasteiger partial charge in [-0.2, -0.15) is 0 Å². The highest BCUT2D eigenvalue weighted by atomic mass is 19.1. The molecule has 2 aromatic rings. The predicted octanol–water partition coefficient (Wildman–Crippen LogP) is -0.0650. The molecule has 0 spiro atoms. The molecule has 6 heteroatoms. The van der Waals surface area contributed by atoms with Gasteiger partial charge in [0.05, 0.1) is 0 Å².